The summed E-state index contributed by atoms with van der Waals surface area (Å²) in [5.74, 6) is 1.29. The molecular weight excluding hydrogens is 350 g/mol. The van der Waals surface area contributed by atoms with Crippen LogP contribution in [0.1, 0.15) is 6.42 Å². The second kappa shape index (κ2) is 6.79. The molecular formula is C19H23N3O3S. The fourth-order valence-corrected chi connectivity index (χ4v) is 5.12. The molecule has 0 saturated carbocycles. The van der Waals surface area contributed by atoms with Crippen LogP contribution in [0.25, 0.3) is 0 Å². The Kier molecular flexibility index (Phi) is 4.30. The summed E-state index contributed by atoms with van der Waals surface area (Å²) in [6, 6.07) is 6.33. The van der Waals surface area contributed by atoms with Gasteiger partial charge in [-0.3, -0.25) is 4.79 Å². The van der Waals surface area contributed by atoms with Crippen molar-refractivity contribution in [2.45, 2.75) is 11.3 Å². The van der Waals surface area contributed by atoms with Crippen LogP contribution >= 0.6 is 11.9 Å². The summed E-state index contributed by atoms with van der Waals surface area (Å²) < 4.78 is 13.4. The monoisotopic (exact) mass is 373 g/mol. The molecule has 4 heterocycles. The summed E-state index contributed by atoms with van der Waals surface area (Å²) in [5.41, 5.74) is 3.92. The predicted octanol–water partition coefficient (Wildman–Crippen LogP) is 1.99. The van der Waals surface area contributed by atoms with E-state index in [2.05, 4.69) is 21.8 Å². The van der Waals surface area contributed by atoms with Gasteiger partial charge >= 0.3 is 0 Å². The van der Waals surface area contributed by atoms with Crippen LogP contribution in [0, 0.1) is 5.92 Å². The minimum absolute atomic E-state index is 0.0747. The van der Waals surface area contributed by atoms with E-state index in [-0.39, 0.29) is 11.8 Å². The van der Waals surface area contributed by atoms with Gasteiger partial charge in [-0.2, -0.15) is 0 Å². The van der Waals surface area contributed by atoms with Crippen LogP contribution in [0.4, 0.5) is 5.69 Å². The third-order valence-corrected chi connectivity index (χ3v) is 6.43. The van der Waals surface area contributed by atoms with Gasteiger partial charge in [-0.1, -0.05) is 0 Å². The first kappa shape index (κ1) is 16.5. The van der Waals surface area contributed by atoms with Gasteiger partial charge in [0.15, 0.2) is 0 Å². The zero-order valence-electron chi connectivity index (χ0n) is 14.7. The lowest BCUT2D eigenvalue weighted by molar-refractivity contribution is -0.134. The Bertz CT molecular complexity index is 742. The molecule has 1 amide bonds. The number of amides is 1. The van der Waals surface area contributed by atoms with Crippen molar-refractivity contribution in [3.63, 3.8) is 0 Å². The number of nitrogens with one attached hydrogen (secondary N) is 1. The maximum atomic E-state index is 12.6. The summed E-state index contributed by atoms with van der Waals surface area (Å²) in [6.45, 7) is 6.36. The minimum Gasteiger partial charge on any atom is -0.490 e. The molecule has 4 aliphatic heterocycles. The van der Waals surface area contributed by atoms with Crippen LogP contribution in [0.2, 0.25) is 0 Å². The third-order valence-electron chi connectivity index (χ3n) is 5.45. The van der Waals surface area contributed by atoms with E-state index >= 15 is 0 Å². The highest BCUT2D eigenvalue weighted by Crippen LogP contribution is 2.37. The number of anilines is 1. The van der Waals surface area contributed by atoms with E-state index in [1.807, 2.05) is 11.0 Å². The molecule has 0 spiro atoms. The van der Waals surface area contributed by atoms with Crippen LogP contribution in [0.5, 0.6) is 5.75 Å². The normalized spacial score (nSPS) is 25.1. The molecule has 26 heavy (non-hydrogen) atoms. The molecule has 6 nitrogen and oxygen atoms in total. The average Bonchev–Trinajstić information content (AvgIpc) is 3.37. The zero-order valence-corrected chi connectivity index (χ0v) is 15.5. The number of carbonyl (C=O) groups excluding carboxylic acids is 1. The molecule has 7 heteroatoms. The molecule has 1 atom stereocenters. The predicted molar refractivity (Wildman–Crippen MR) is 100 cm³/mol. The maximum absolute atomic E-state index is 12.6. The van der Waals surface area contributed by atoms with Gasteiger partial charge in [-0.25, -0.2) is 4.31 Å². The molecule has 0 aliphatic carbocycles. The van der Waals surface area contributed by atoms with Crippen LogP contribution in [-0.2, 0) is 9.53 Å². The number of rotatable bonds is 3. The molecule has 0 aromatic heterocycles. The second-order valence-corrected chi connectivity index (χ2v) is 8.45. The number of carbonyl (C=O) groups is 1. The quantitative estimate of drug-likeness (QED) is 0.646. The Morgan fingerprint density at radius 1 is 1.15 bits per heavy atom. The molecule has 138 valence electrons. The summed E-state index contributed by atoms with van der Waals surface area (Å²) in [6.07, 6.45) is 0.873. The van der Waals surface area contributed by atoms with Crippen LogP contribution in [-0.4, -0.2) is 67.7 Å². The molecule has 1 fully saturated rings. The lowest BCUT2D eigenvalue weighted by Gasteiger charge is -2.24. The largest absolute Gasteiger partial charge is 0.490 e. The molecule has 1 aromatic carbocycles. The van der Waals surface area contributed by atoms with Gasteiger partial charge in [0.25, 0.3) is 0 Å². The van der Waals surface area contributed by atoms with Crippen molar-refractivity contribution in [1.82, 2.24) is 9.21 Å². The Morgan fingerprint density at radius 3 is 2.77 bits per heavy atom. The van der Waals surface area contributed by atoms with Crippen LogP contribution in [0.3, 0.4) is 0 Å². The smallest absolute Gasteiger partial charge is 0.228 e. The zero-order chi connectivity index (χ0) is 17.5. The van der Waals surface area contributed by atoms with Crippen molar-refractivity contribution in [2.75, 3.05) is 57.9 Å². The highest BCUT2D eigenvalue weighted by Gasteiger charge is 2.36. The molecule has 4 aliphatic rings. The van der Waals surface area contributed by atoms with Crippen molar-refractivity contribution in [2.24, 2.45) is 5.92 Å². The SMILES string of the molecule is O=C(C1CCOC1)N1CC2=C(CN(Sc3ccc4c(c3)NCCO4)C2)C1. The molecule has 5 rings (SSSR count). The van der Waals surface area contributed by atoms with Crippen LogP contribution in [0.15, 0.2) is 34.2 Å². The number of ether oxygens (including phenoxy) is 2. The highest BCUT2D eigenvalue weighted by molar-refractivity contribution is 7.97. The standard InChI is InChI=1S/C19H23N3O3S/c23-19(13-3-5-24-12-13)21-8-14-10-22(11-15(14)9-21)26-16-1-2-18-17(7-16)20-4-6-25-18/h1-2,7,13,20H,3-6,8-12H2. The van der Waals surface area contributed by atoms with E-state index in [0.29, 0.717) is 6.61 Å². The first-order valence-electron chi connectivity index (χ1n) is 9.26. The maximum Gasteiger partial charge on any atom is 0.228 e. The van der Waals surface area contributed by atoms with Gasteiger partial charge in [0, 0.05) is 44.2 Å². The summed E-state index contributed by atoms with van der Waals surface area (Å²) in [7, 11) is 0. The summed E-state index contributed by atoms with van der Waals surface area (Å²) in [4.78, 5) is 15.8. The van der Waals surface area contributed by atoms with E-state index < -0.39 is 0 Å². The van der Waals surface area contributed by atoms with Crippen molar-refractivity contribution in [1.29, 1.82) is 0 Å². The molecule has 1 N–H and O–H groups in total. The van der Waals surface area contributed by atoms with Gasteiger partial charge < -0.3 is 19.7 Å². The van der Waals surface area contributed by atoms with Gasteiger partial charge in [0.2, 0.25) is 5.91 Å². The fourth-order valence-electron chi connectivity index (χ4n) is 4.08. The van der Waals surface area contributed by atoms with Gasteiger partial charge in [-0.05, 0) is 47.7 Å². The topological polar surface area (TPSA) is 54.0 Å². The Balaban J connectivity index is 1.18. The summed E-state index contributed by atoms with van der Waals surface area (Å²) in [5, 5.41) is 3.39. The fraction of sp³-hybridized carbons (Fsp3) is 0.526. The molecule has 1 aromatic rings. The van der Waals surface area contributed by atoms with Crippen LogP contribution < -0.4 is 10.1 Å². The van der Waals surface area contributed by atoms with E-state index in [9.17, 15) is 4.79 Å². The lowest BCUT2D eigenvalue weighted by Crippen LogP contribution is -2.37. The second-order valence-electron chi connectivity index (χ2n) is 7.28. The molecule has 0 radical (unpaired) electrons. The molecule has 1 saturated heterocycles. The van der Waals surface area contributed by atoms with Gasteiger partial charge in [0.05, 0.1) is 18.2 Å². The first-order chi connectivity index (χ1) is 12.8. The van der Waals surface area contributed by atoms with Gasteiger partial charge in [0.1, 0.15) is 12.4 Å². The van der Waals surface area contributed by atoms with Crippen molar-refractivity contribution < 1.29 is 14.3 Å². The minimum atomic E-state index is 0.0747. The Hall–Kier alpha value is -1.70. The Morgan fingerprint density at radius 2 is 2.00 bits per heavy atom. The third kappa shape index (κ3) is 3.08. The van der Waals surface area contributed by atoms with Crippen molar-refractivity contribution in [3.05, 3.63) is 29.3 Å². The van der Waals surface area contributed by atoms with Crippen molar-refractivity contribution in [3.8, 4) is 5.75 Å². The number of nitrogens with zero attached hydrogens (tertiary/aromatic N) is 2. The number of fused-ring (bicyclic) bond motifs is 1. The van der Waals surface area contributed by atoms with E-state index in [1.165, 1.54) is 16.0 Å². The number of benzene rings is 1. The number of hydrogen-bond donors (Lipinski definition) is 1. The molecule has 1 unspecified atom stereocenters. The van der Waals surface area contributed by atoms with E-state index in [1.54, 1.807) is 11.9 Å². The highest BCUT2D eigenvalue weighted by atomic mass is 32.2. The average molecular weight is 373 g/mol. The van der Waals surface area contributed by atoms with E-state index in [0.717, 1.165) is 63.8 Å². The number of hydrogen-bond acceptors (Lipinski definition) is 6. The first-order valence-corrected chi connectivity index (χ1v) is 10.0. The molecule has 0 bridgehead atoms. The van der Waals surface area contributed by atoms with E-state index in [4.69, 9.17) is 9.47 Å². The summed E-state index contributed by atoms with van der Waals surface area (Å²) >= 11 is 1.79. The van der Waals surface area contributed by atoms with Gasteiger partial charge in [-0.15, -0.1) is 0 Å². The lowest BCUT2D eigenvalue weighted by atomic mass is 10.1. The van der Waals surface area contributed by atoms with Crippen molar-refractivity contribution >= 4 is 23.5 Å². The Labute approximate surface area is 157 Å².